The number of benzene rings is 1. The molecule has 2 aliphatic carbocycles. The van der Waals surface area contributed by atoms with Gasteiger partial charge in [0.25, 0.3) is 0 Å². The molecule has 0 saturated heterocycles. The van der Waals surface area contributed by atoms with E-state index in [2.05, 4.69) is 25.6 Å². The third-order valence-corrected chi connectivity index (χ3v) is 5.86. The molecule has 2 heteroatoms. The summed E-state index contributed by atoms with van der Waals surface area (Å²) in [4.78, 5) is 0. The lowest BCUT2D eigenvalue weighted by molar-refractivity contribution is 0.0792. The average molecular weight is 270 g/mol. The molecule has 1 saturated carbocycles. The lowest BCUT2D eigenvalue weighted by atomic mass is 9.55. The standard InChI is InChI=1S/C18H22O2/c1-4-18-13-8-5-11(2)17(18)20-16-14(19-3)10-7-12(6-9-13)15(16)18/h7,10,13,17H,2,4-6,8-9H2,1,3H3. The van der Waals surface area contributed by atoms with E-state index in [-0.39, 0.29) is 11.5 Å². The second-order valence-electron chi connectivity index (χ2n) is 6.46. The monoisotopic (exact) mass is 270 g/mol. The number of aryl methyl sites for hydroxylation is 1. The van der Waals surface area contributed by atoms with Crippen LogP contribution in [0.4, 0.5) is 0 Å². The fraction of sp³-hybridized carbons (Fsp3) is 0.556. The Morgan fingerprint density at radius 3 is 2.90 bits per heavy atom. The summed E-state index contributed by atoms with van der Waals surface area (Å²) in [7, 11) is 1.73. The third kappa shape index (κ3) is 1.25. The van der Waals surface area contributed by atoms with Crippen molar-refractivity contribution < 1.29 is 9.47 Å². The topological polar surface area (TPSA) is 18.5 Å². The molecule has 1 heterocycles. The van der Waals surface area contributed by atoms with Gasteiger partial charge < -0.3 is 9.47 Å². The van der Waals surface area contributed by atoms with Crippen molar-refractivity contribution in [1.29, 1.82) is 0 Å². The number of hydrogen-bond acceptors (Lipinski definition) is 2. The molecule has 2 nitrogen and oxygen atoms in total. The quantitative estimate of drug-likeness (QED) is 0.756. The molecular formula is C18H22O2. The van der Waals surface area contributed by atoms with E-state index in [4.69, 9.17) is 9.47 Å². The largest absolute Gasteiger partial charge is 0.493 e. The van der Waals surface area contributed by atoms with E-state index >= 15 is 0 Å². The SMILES string of the molecule is C=C1CCC2CCc3ccc(OC)c4c3C2(CC)C1O4. The summed E-state index contributed by atoms with van der Waals surface area (Å²) in [6, 6.07) is 4.31. The van der Waals surface area contributed by atoms with Gasteiger partial charge in [-0.2, -0.15) is 0 Å². The molecule has 3 atom stereocenters. The smallest absolute Gasteiger partial charge is 0.166 e. The van der Waals surface area contributed by atoms with Gasteiger partial charge in [-0.05, 0) is 55.2 Å². The lowest BCUT2D eigenvalue weighted by Gasteiger charge is -2.48. The molecule has 0 spiro atoms. The number of methoxy groups -OCH3 is 1. The van der Waals surface area contributed by atoms with E-state index in [9.17, 15) is 0 Å². The summed E-state index contributed by atoms with van der Waals surface area (Å²) in [5.41, 5.74) is 4.35. The molecule has 3 unspecified atom stereocenters. The predicted octanol–water partition coefficient (Wildman–Crippen LogP) is 4.02. The molecule has 20 heavy (non-hydrogen) atoms. The Hall–Kier alpha value is -1.44. The molecule has 0 amide bonds. The van der Waals surface area contributed by atoms with Gasteiger partial charge in [0.05, 0.1) is 7.11 Å². The highest BCUT2D eigenvalue weighted by molar-refractivity contribution is 5.61. The van der Waals surface area contributed by atoms with E-state index < -0.39 is 0 Å². The summed E-state index contributed by atoms with van der Waals surface area (Å²) in [5.74, 6) is 2.63. The molecule has 4 rings (SSSR count). The Labute approximate surface area is 120 Å². The van der Waals surface area contributed by atoms with Crippen LogP contribution in [-0.2, 0) is 11.8 Å². The fourth-order valence-electron chi connectivity index (χ4n) is 4.95. The van der Waals surface area contributed by atoms with E-state index in [0.717, 1.165) is 30.3 Å². The Morgan fingerprint density at radius 2 is 2.15 bits per heavy atom. The Morgan fingerprint density at radius 1 is 1.35 bits per heavy atom. The van der Waals surface area contributed by atoms with Crippen LogP contribution in [0.2, 0.25) is 0 Å². The maximum atomic E-state index is 6.41. The molecule has 1 aromatic carbocycles. The predicted molar refractivity (Wildman–Crippen MR) is 79.6 cm³/mol. The summed E-state index contributed by atoms with van der Waals surface area (Å²) >= 11 is 0. The van der Waals surface area contributed by atoms with Crippen molar-refractivity contribution in [3.63, 3.8) is 0 Å². The van der Waals surface area contributed by atoms with Crippen LogP contribution in [0.15, 0.2) is 24.3 Å². The van der Waals surface area contributed by atoms with Crippen molar-refractivity contribution in [3.8, 4) is 11.5 Å². The highest BCUT2D eigenvalue weighted by Crippen LogP contribution is 2.62. The van der Waals surface area contributed by atoms with Crippen LogP contribution in [0.1, 0.15) is 43.7 Å². The van der Waals surface area contributed by atoms with Crippen LogP contribution in [-0.4, -0.2) is 13.2 Å². The summed E-state index contributed by atoms with van der Waals surface area (Å²) in [6.07, 6.45) is 6.15. The third-order valence-electron chi connectivity index (χ3n) is 5.86. The minimum atomic E-state index is 0.160. The van der Waals surface area contributed by atoms with E-state index in [1.807, 2.05) is 0 Å². The molecule has 1 aromatic rings. The highest BCUT2D eigenvalue weighted by atomic mass is 16.5. The van der Waals surface area contributed by atoms with Crippen molar-refractivity contribution >= 4 is 0 Å². The van der Waals surface area contributed by atoms with Crippen molar-refractivity contribution in [2.75, 3.05) is 7.11 Å². The van der Waals surface area contributed by atoms with Crippen molar-refractivity contribution in [3.05, 3.63) is 35.4 Å². The number of rotatable bonds is 2. The van der Waals surface area contributed by atoms with Crippen molar-refractivity contribution in [2.45, 2.75) is 50.5 Å². The fourth-order valence-corrected chi connectivity index (χ4v) is 4.95. The molecule has 1 fully saturated rings. The van der Waals surface area contributed by atoms with Crippen LogP contribution in [0.25, 0.3) is 0 Å². The summed E-state index contributed by atoms with van der Waals surface area (Å²) < 4.78 is 12.0. The first kappa shape index (κ1) is 12.3. The van der Waals surface area contributed by atoms with Crippen LogP contribution >= 0.6 is 0 Å². The van der Waals surface area contributed by atoms with Gasteiger partial charge in [-0.25, -0.2) is 0 Å². The van der Waals surface area contributed by atoms with Gasteiger partial charge in [-0.3, -0.25) is 0 Å². The normalized spacial score (nSPS) is 33.6. The zero-order valence-corrected chi connectivity index (χ0v) is 12.4. The van der Waals surface area contributed by atoms with E-state index in [1.54, 1.807) is 7.11 Å². The maximum absolute atomic E-state index is 6.41. The summed E-state index contributed by atoms with van der Waals surface area (Å²) in [6.45, 7) is 6.62. The Bertz CT molecular complexity index is 589. The van der Waals surface area contributed by atoms with Gasteiger partial charge in [-0.15, -0.1) is 0 Å². The maximum Gasteiger partial charge on any atom is 0.166 e. The number of hydrogen-bond donors (Lipinski definition) is 0. The Balaban J connectivity index is 2.01. The van der Waals surface area contributed by atoms with Gasteiger partial charge in [0, 0.05) is 11.0 Å². The molecule has 106 valence electrons. The van der Waals surface area contributed by atoms with Crippen LogP contribution < -0.4 is 9.47 Å². The first-order chi connectivity index (χ1) is 9.72. The van der Waals surface area contributed by atoms with Crippen molar-refractivity contribution in [1.82, 2.24) is 0 Å². The van der Waals surface area contributed by atoms with Gasteiger partial charge in [0.1, 0.15) is 6.10 Å². The van der Waals surface area contributed by atoms with Crippen molar-refractivity contribution in [2.24, 2.45) is 5.92 Å². The van der Waals surface area contributed by atoms with Crippen LogP contribution in [0.5, 0.6) is 11.5 Å². The average Bonchev–Trinajstić information content (AvgIpc) is 2.85. The summed E-state index contributed by atoms with van der Waals surface area (Å²) in [5, 5.41) is 0. The molecule has 1 aliphatic heterocycles. The van der Waals surface area contributed by atoms with E-state index in [0.29, 0.717) is 0 Å². The van der Waals surface area contributed by atoms with Gasteiger partial charge in [0.2, 0.25) is 0 Å². The van der Waals surface area contributed by atoms with Gasteiger partial charge in [0.15, 0.2) is 11.5 Å². The van der Waals surface area contributed by atoms with Gasteiger partial charge in [-0.1, -0.05) is 19.6 Å². The second kappa shape index (κ2) is 4.03. The molecule has 0 aromatic heterocycles. The minimum Gasteiger partial charge on any atom is -0.493 e. The Kier molecular flexibility index (Phi) is 2.48. The number of ether oxygens (including phenoxy) is 2. The van der Waals surface area contributed by atoms with Gasteiger partial charge >= 0.3 is 0 Å². The molecular weight excluding hydrogens is 248 g/mol. The van der Waals surface area contributed by atoms with E-state index in [1.165, 1.54) is 36.0 Å². The van der Waals surface area contributed by atoms with Crippen LogP contribution in [0, 0.1) is 5.92 Å². The molecule has 0 bridgehead atoms. The molecule has 0 N–H and O–H groups in total. The zero-order chi connectivity index (χ0) is 13.9. The highest BCUT2D eigenvalue weighted by Gasteiger charge is 2.58. The molecule has 0 radical (unpaired) electrons. The molecule has 3 aliphatic rings. The second-order valence-corrected chi connectivity index (χ2v) is 6.46. The first-order valence-electron chi connectivity index (χ1n) is 7.77. The zero-order valence-electron chi connectivity index (χ0n) is 12.4. The van der Waals surface area contributed by atoms with Crippen LogP contribution in [0.3, 0.4) is 0 Å². The minimum absolute atomic E-state index is 0.160. The first-order valence-corrected chi connectivity index (χ1v) is 7.77. The lowest BCUT2D eigenvalue weighted by Crippen LogP contribution is -2.50.